The first kappa shape index (κ1) is 19.2. The molecular weight excluding hydrogens is 343 g/mol. The second kappa shape index (κ2) is 8.91. The van der Waals surface area contributed by atoms with Crippen molar-refractivity contribution in [2.45, 2.75) is 19.3 Å². The third-order valence-electron chi connectivity index (χ3n) is 5.21. The van der Waals surface area contributed by atoms with Crippen molar-refractivity contribution in [1.82, 2.24) is 10.2 Å². The predicted molar refractivity (Wildman–Crippen MR) is 103 cm³/mol. The van der Waals surface area contributed by atoms with Crippen molar-refractivity contribution < 1.29 is 14.0 Å². The lowest BCUT2D eigenvalue weighted by Crippen LogP contribution is -2.39. The first-order chi connectivity index (χ1) is 13.1. The van der Waals surface area contributed by atoms with Gasteiger partial charge in [-0.1, -0.05) is 18.2 Å². The third-order valence-corrected chi connectivity index (χ3v) is 5.21. The maximum atomic E-state index is 13.1. The minimum absolute atomic E-state index is 0.104. The van der Waals surface area contributed by atoms with E-state index in [0.29, 0.717) is 35.7 Å². The molecule has 1 N–H and O–H groups in total. The summed E-state index contributed by atoms with van der Waals surface area (Å²) in [5.41, 5.74) is 1.16. The zero-order valence-electron chi connectivity index (χ0n) is 15.6. The molecule has 0 aliphatic carbocycles. The van der Waals surface area contributed by atoms with Crippen LogP contribution in [0.2, 0.25) is 0 Å². The van der Waals surface area contributed by atoms with Crippen LogP contribution in [0.25, 0.3) is 0 Å². The second-order valence-electron chi connectivity index (χ2n) is 7.01. The molecule has 1 heterocycles. The summed E-state index contributed by atoms with van der Waals surface area (Å²) in [6.07, 6.45) is 3.10. The van der Waals surface area contributed by atoms with Gasteiger partial charge in [-0.3, -0.25) is 9.59 Å². The average Bonchev–Trinajstić information content (AvgIpc) is 2.72. The van der Waals surface area contributed by atoms with Gasteiger partial charge in [-0.05, 0) is 69.1 Å². The molecule has 5 heteroatoms. The average molecular weight is 368 g/mol. The number of rotatable bonds is 6. The van der Waals surface area contributed by atoms with E-state index in [9.17, 15) is 14.0 Å². The van der Waals surface area contributed by atoms with Crippen LogP contribution in [0.5, 0.6) is 0 Å². The van der Waals surface area contributed by atoms with Crippen LogP contribution in [-0.2, 0) is 0 Å². The van der Waals surface area contributed by atoms with Gasteiger partial charge >= 0.3 is 0 Å². The van der Waals surface area contributed by atoms with Gasteiger partial charge in [0, 0.05) is 24.2 Å². The Hall–Kier alpha value is -2.53. The molecule has 0 radical (unpaired) electrons. The van der Waals surface area contributed by atoms with Gasteiger partial charge in [0.2, 0.25) is 0 Å². The van der Waals surface area contributed by atoms with Crippen molar-refractivity contribution in [3.8, 4) is 0 Å². The van der Waals surface area contributed by atoms with Crippen LogP contribution in [0.1, 0.15) is 45.5 Å². The summed E-state index contributed by atoms with van der Waals surface area (Å²) in [5.74, 6) is -0.120. The van der Waals surface area contributed by atoms with Gasteiger partial charge in [0.15, 0.2) is 5.78 Å². The van der Waals surface area contributed by atoms with Gasteiger partial charge in [0.25, 0.3) is 5.91 Å². The molecule has 0 atom stereocenters. The molecule has 0 aromatic heterocycles. The van der Waals surface area contributed by atoms with E-state index in [1.165, 1.54) is 24.3 Å². The van der Waals surface area contributed by atoms with E-state index in [0.717, 1.165) is 25.8 Å². The molecule has 0 bridgehead atoms. The standard InChI is InChI=1S/C22H25FN2O2/c1-24-13-10-16-11-14-25(15-12-16)22(27)20-5-3-2-4-19(20)21(26)17-6-8-18(23)9-7-17/h2-9,16,24H,10-15H2,1H3. The van der Waals surface area contributed by atoms with Crippen LogP contribution in [0, 0.1) is 11.7 Å². The number of nitrogens with zero attached hydrogens (tertiary/aromatic N) is 1. The van der Waals surface area contributed by atoms with E-state index in [-0.39, 0.29) is 11.7 Å². The lowest BCUT2D eigenvalue weighted by molar-refractivity contribution is 0.0683. The third kappa shape index (κ3) is 4.61. The number of amides is 1. The van der Waals surface area contributed by atoms with Gasteiger partial charge in [0.05, 0.1) is 5.56 Å². The molecule has 3 rings (SSSR count). The zero-order valence-corrected chi connectivity index (χ0v) is 15.6. The first-order valence-corrected chi connectivity index (χ1v) is 9.43. The Bertz CT molecular complexity index is 796. The number of halogens is 1. The summed E-state index contributed by atoms with van der Waals surface area (Å²) in [7, 11) is 1.95. The largest absolute Gasteiger partial charge is 0.339 e. The number of hydrogen-bond acceptors (Lipinski definition) is 3. The van der Waals surface area contributed by atoms with Gasteiger partial charge < -0.3 is 10.2 Å². The van der Waals surface area contributed by atoms with E-state index < -0.39 is 5.82 Å². The van der Waals surface area contributed by atoms with Crippen molar-refractivity contribution in [1.29, 1.82) is 0 Å². The van der Waals surface area contributed by atoms with Crippen molar-refractivity contribution in [2.75, 3.05) is 26.7 Å². The predicted octanol–water partition coefficient (Wildman–Crippen LogP) is 3.52. The summed E-state index contributed by atoms with van der Waals surface area (Å²) in [5, 5.41) is 3.17. The molecular formula is C22H25FN2O2. The minimum atomic E-state index is -0.392. The van der Waals surface area contributed by atoms with E-state index >= 15 is 0 Å². The number of carbonyl (C=O) groups excluding carboxylic acids is 2. The molecule has 1 aliphatic heterocycles. The molecule has 1 fully saturated rings. The van der Waals surface area contributed by atoms with Crippen LogP contribution in [0.4, 0.5) is 4.39 Å². The van der Waals surface area contributed by atoms with Crippen LogP contribution < -0.4 is 5.32 Å². The van der Waals surface area contributed by atoms with Crippen LogP contribution >= 0.6 is 0 Å². The Kier molecular flexibility index (Phi) is 6.35. The topological polar surface area (TPSA) is 49.4 Å². The Morgan fingerprint density at radius 1 is 1.04 bits per heavy atom. The van der Waals surface area contributed by atoms with E-state index in [1.807, 2.05) is 11.9 Å². The Balaban J connectivity index is 1.75. The number of hydrogen-bond donors (Lipinski definition) is 1. The Morgan fingerprint density at radius 3 is 2.30 bits per heavy atom. The number of benzene rings is 2. The maximum Gasteiger partial charge on any atom is 0.254 e. The van der Waals surface area contributed by atoms with Gasteiger partial charge in [-0.2, -0.15) is 0 Å². The van der Waals surface area contributed by atoms with Crippen LogP contribution in [0.15, 0.2) is 48.5 Å². The SMILES string of the molecule is CNCCC1CCN(C(=O)c2ccccc2C(=O)c2ccc(F)cc2)CC1. The van der Waals surface area contributed by atoms with Crippen molar-refractivity contribution >= 4 is 11.7 Å². The molecule has 142 valence electrons. The lowest BCUT2D eigenvalue weighted by Gasteiger charge is -2.32. The normalized spacial score (nSPS) is 15.0. The number of likely N-dealkylation sites (tertiary alicyclic amines) is 1. The summed E-state index contributed by atoms with van der Waals surface area (Å²) in [6.45, 7) is 2.42. The Labute approximate surface area is 159 Å². The molecule has 2 aromatic rings. The number of piperidine rings is 1. The van der Waals surface area contributed by atoms with Crippen molar-refractivity contribution in [2.24, 2.45) is 5.92 Å². The molecule has 4 nitrogen and oxygen atoms in total. The maximum absolute atomic E-state index is 13.1. The van der Waals surface area contributed by atoms with Crippen LogP contribution in [-0.4, -0.2) is 43.3 Å². The number of carbonyl (C=O) groups is 2. The molecule has 1 amide bonds. The summed E-state index contributed by atoms with van der Waals surface area (Å²) >= 11 is 0. The van der Waals surface area contributed by atoms with Crippen molar-refractivity contribution in [3.63, 3.8) is 0 Å². The van der Waals surface area contributed by atoms with Gasteiger partial charge in [-0.15, -0.1) is 0 Å². The summed E-state index contributed by atoms with van der Waals surface area (Å²) in [4.78, 5) is 27.7. The fourth-order valence-corrected chi connectivity index (χ4v) is 3.57. The van der Waals surface area contributed by atoms with Crippen LogP contribution in [0.3, 0.4) is 0 Å². The van der Waals surface area contributed by atoms with Gasteiger partial charge in [-0.25, -0.2) is 4.39 Å². The highest BCUT2D eigenvalue weighted by atomic mass is 19.1. The summed E-state index contributed by atoms with van der Waals surface area (Å²) in [6, 6.07) is 12.3. The molecule has 0 saturated carbocycles. The molecule has 1 saturated heterocycles. The molecule has 1 aliphatic rings. The fraction of sp³-hybridized carbons (Fsp3) is 0.364. The quantitative estimate of drug-likeness (QED) is 0.794. The highest BCUT2D eigenvalue weighted by molar-refractivity contribution is 6.15. The van der Waals surface area contributed by atoms with E-state index in [1.54, 1.807) is 24.3 Å². The minimum Gasteiger partial charge on any atom is -0.339 e. The number of nitrogens with one attached hydrogen (secondary N) is 1. The smallest absolute Gasteiger partial charge is 0.254 e. The molecule has 2 aromatic carbocycles. The first-order valence-electron chi connectivity index (χ1n) is 9.43. The second-order valence-corrected chi connectivity index (χ2v) is 7.01. The van der Waals surface area contributed by atoms with Gasteiger partial charge in [0.1, 0.15) is 5.82 Å². The van der Waals surface area contributed by atoms with E-state index in [2.05, 4.69) is 5.32 Å². The number of ketones is 1. The molecule has 0 spiro atoms. The lowest BCUT2D eigenvalue weighted by atomic mass is 9.92. The molecule has 27 heavy (non-hydrogen) atoms. The zero-order chi connectivity index (χ0) is 19.2. The van der Waals surface area contributed by atoms with Crippen molar-refractivity contribution in [3.05, 3.63) is 71.0 Å². The monoisotopic (exact) mass is 368 g/mol. The fourth-order valence-electron chi connectivity index (χ4n) is 3.57. The summed E-state index contributed by atoms with van der Waals surface area (Å²) < 4.78 is 13.1. The molecule has 0 unspecified atom stereocenters. The highest BCUT2D eigenvalue weighted by Crippen LogP contribution is 2.23. The van der Waals surface area contributed by atoms with E-state index in [4.69, 9.17) is 0 Å². The highest BCUT2D eigenvalue weighted by Gasteiger charge is 2.26. The Morgan fingerprint density at radius 2 is 1.67 bits per heavy atom.